The Kier molecular flexibility index (Phi) is 33.9. The molecule has 0 amide bonds. The molecule has 0 aliphatic heterocycles. The van der Waals surface area contributed by atoms with Crippen molar-refractivity contribution in [3.05, 3.63) is 60.8 Å². The standard InChI is InChI=1S/C43H76NO8P/c1-6-8-10-12-14-16-18-20-22-24-26-28-30-32-34-36-43(46)52-41(40-51-53(47,48)50-38-37-44(3,4)5)39-49-42(45)35-33-31-29-27-25-23-21-19-17-15-13-11-9-7-2/h8,10,14,16,20,22,26,28,32,34,41H,6-7,9,11-13,15,17-19,21,23-25,27,29-31,33,35-40H2,1-5H3/b10-8-,16-14-,22-20-,28-26-,34-32-. The summed E-state index contributed by atoms with van der Waals surface area (Å²) in [6, 6.07) is 0. The predicted molar refractivity (Wildman–Crippen MR) is 217 cm³/mol. The van der Waals surface area contributed by atoms with Gasteiger partial charge in [-0.1, -0.05) is 158 Å². The molecule has 0 N–H and O–H groups in total. The number of hydrogen-bond donors (Lipinski definition) is 0. The Morgan fingerprint density at radius 2 is 1.06 bits per heavy atom. The molecule has 0 spiro atoms. The minimum atomic E-state index is -4.65. The second-order valence-corrected chi connectivity index (χ2v) is 16.1. The number of quaternary nitrogens is 1. The van der Waals surface area contributed by atoms with Gasteiger partial charge in [0.2, 0.25) is 0 Å². The van der Waals surface area contributed by atoms with Gasteiger partial charge in [0, 0.05) is 6.42 Å². The summed E-state index contributed by atoms with van der Waals surface area (Å²) in [7, 11) is 1.10. The molecule has 2 unspecified atom stereocenters. The van der Waals surface area contributed by atoms with Gasteiger partial charge in [-0.25, -0.2) is 0 Å². The average molecular weight is 766 g/mol. The number of esters is 2. The molecule has 9 nitrogen and oxygen atoms in total. The molecule has 53 heavy (non-hydrogen) atoms. The molecule has 0 aliphatic rings. The summed E-state index contributed by atoms with van der Waals surface area (Å²) in [5.74, 6) is -0.984. The first kappa shape index (κ1) is 50.7. The zero-order chi connectivity index (χ0) is 39.3. The van der Waals surface area contributed by atoms with Crippen LogP contribution in [-0.4, -0.2) is 70.0 Å². The number of phosphoric ester groups is 1. The van der Waals surface area contributed by atoms with Gasteiger partial charge in [0.05, 0.1) is 34.2 Å². The van der Waals surface area contributed by atoms with Crippen LogP contribution in [0, 0.1) is 0 Å². The fourth-order valence-corrected chi connectivity index (χ4v) is 5.87. The molecular formula is C43H76NO8P. The highest BCUT2D eigenvalue weighted by atomic mass is 31.2. The van der Waals surface area contributed by atoms with Gasteiger partial charge in [0.15, 0.2) is 6.10 Å². The summed E-state index contributed by atoms with van der Waals surface area (Å²) < 4.78 is 33.7. The number of carbonyl (C=O) groups is 2. The Bertz CT molecular complexity index is 1090. The molecule has 0 aromatic rings. The Hall–Kier alpha value is -2.29. The highest BCUT2D eigenvalue weighted by Crippen LogP contribution is 2.38. The van der Waals surface area contributed by atoms with E-state index in [4.69, 9.17) is 18.5 Å². The number of ether oxygens (including phenoxy) is 2. The summed E-state index contributed by atoms with van der Waals surface area (Å²) >= 11 is 0. The van der Waals surface area contributed by atoms with E-state index < -0.39 is 32.5 Å². The fourth-order valence-electron chi connectivity index (χ4n) is 5.14. The van der Waals surface area contributed by atoms with E-state index >= 15 is 0 Å². The zero-order valence-electron chi connectivity index (χ0n) is 34.2. The summed E-state index contributed by atoms with van der Waals surface area (Å²) in [6.07, 6.45) is 41.4. The number of allylic oxidation sites excluding steroid dienone is 9. The van der Waals surface area contributed by atoms with Crippen molar-refractivity contribution in [2.24, 2.45) is 0 Å². The Morgan fingerprint density at radius 1 is 0.604 bits per heavy atom. The van der Waals surface area contributed by atoms with Crippen molar-refractivity contribution < 1.29 is 42.1 Å². The van der Waals surface area contributed by atoms with E-state index in [9.17, 15) is 19.0 Å². The Labute approximate surface area is 324 Å². The van der Waals surface area contributed by atoms with Crippen LogP contribution in [0.3, 0.4) is 0 Å². The Morgan fingerprint density at radius 3 is 1.53 bits per heavy atom. The highest BCUT2D eigenvalue weighted by molar-refractivity contribution is 7.45. The topological polar surface area (TPSA) is 111 Å². The van der Waals surface area contributed by atoms with Gasteiger partial charge in [-0.2, -0.15) is 0 Å². The van der Waals surface area contributed by atoms with E-state index in [2.05, 4.69) is 56.4 Å². The molecule has 0 radical (unpaired) electrons. The van der Waals surface area contributed by atoms with Crippen LogP contribution in [-0.2, 0) is 32.7 Å². The van der Waals surface area contributed by atoms with Crippen LogP contribution in [0.1, 0.15) is 149 Å². The second-order valence-electron chi connectivity index (χ2n) is 14.6. The lowest BCUT2D eigenvalue weighted by Gasteiger charge is -2.28. The molecule has 0 aliphatic carbocycles. The number of rotatable bonds is 36. The Balaban J connectivity index is 4.54. The molecule has 2 atom stereocenters. The quantitative estimate of drug-likeness (QED) is 0.0204. The number of unbranched alkanes of at least 4 members (excludes halogenated alkanes) is 13. The molecular weight excluding hydrogens is 689 g/mol. The van der Waals surface area contributed by atoms with Gasteiger partial charge in [-0.3, -0.25) is 14.2 Å². The summed E-state index contributed by atoms with van der Waals surface area (Å²) in [5, 5.41) is 0. The second kappa shape index (κ2) is 35.4. The SMILES string of the molecule is CC/C=C\C/C=C\C/C=C\C/C=C\C/C=C\CC(=O)OC(COC(=O)CCCCCCCCCCCCCCCC)COP(=O)([O-])OCC[N+](C)(C)C. The summed E-state index contributed by atoms with van der Waals surface area (Å²) in [4.78, 5) is 37.3. The number of nitrogens with zero attached hydrogens (tertiary/aromatic N) is 1. The third-order valence-electron chi connectivity index (χ3n) is 8.34. The molecule has 0 rings (SSSR count). The molecule has 0 saturated carbocycles. The normalized spacial score (nSPS) is 14.3. The third kappa shape index (κ3) is 39.2. The maximum absolute atomic E-state index is 12.6. The maximum Gasteiger partial charge on any atom is 0.310 e. The summed E-state index contributed by atoms with van der Waals surface area (Å²) in [6.45, 7) is 3.98. The van der Waals surface area contributed by atoms with Crippen LogP contribution in [0.4, 0.5) is 0 Å². The molecule has 0 heterocycles. The summed E-state index contributed by atoms with van der Waals surface area (Å²) in [5.41, 5.74) is 0. The van der Waals surface area contributed by atoms with Crippen LogP contribution in [0.5, 0.6) is 0 Å². The zero-order valence-corrected chi connectivity index (χ0v) is 35.1. The van der Waals surface area contributed by atoms with Gasteiger partial charge in [-0.05, 0) is 38.5 Å². The van der Waals surface area contributed by atoms with Gasteiger partial charge in [0.25, 0.3) is 7.82 Å². The molecule has 0 aromatic carbocycles. The van der Waals surface area contributed by atoms with E-state index in [0.29, 0.717) is 17.4 Å². The minimum Gasteiger partial charge on any atom is -0.756 e. The van der Waals surface area contributed by atoms with Gasteiger partial charge >= 0.3 is 11.9 Å². The molecule has 0 saturated heterocycles. The van der Waals surface area contributed by atoms with Gasteiger partial charge in [-0.15, -0.1) is 0 Å². The number of likely N-dealkylation sites (N-methyl/N-ethyl adjacent to an activating group) is 1. The smallest absolute Gasteiger partial charge is 0.310 e. The lowest BCUT2D eigenvalue weighted by molar-refractivity contribution is -0.870. The molecule has 10 heteroatoms. The number of phosphoric acid groups is 1. The molecule has 0 aromatic heterocycles. The number of carbonyl (C=O) groups excluding carboxylic acids is 2. The van der Waals surface area contributed by atoms with E-state index in [-0.39, 0.29) is 26.1 Å². The lowest BCUT2D eigenvalue weighted by atomic mass is 10.0. The molecule has 0 fully saturated rings. The van der Waals surface area contributed by atoms with Crippen molar-refractivity contribution >= 4 is 19.8 Å². The van der Waals surface area contributed by atoms with Crippen molar-refractivity contribution in [2.75, 3.05) is 47.5 Å². The van der Waals surface area contributed by atoms with E-state index in [0.717, 1.165) is 44.9 Å². The highest BCUT2D eigenvalue weighted by Gasteiger charge is 2.21. The first-order valence-electron chi connectivity index (χ1n) is 20.5. The van der Waals surface area contributed by atoms with E-state index in [1.807, 2.05) is 33.3 Å². The average Bonchev–Trinajstić information content (AvgIpc) is 3.10. The van der Waals surface area contributed by atoms with Crippen LogP contribution < -0.4 is 4.89 Å². The van der Waals surface area contributed by atoms with Crippen LogP contribution >= 0.6 is 7.82 Å². The fraction of sp³-hybridized carbons (Fsp3) is 0.721. The van der Waals surface area contributed by atoms with Crippen LogP contribution in [0.2, 0.25) is 0 Å². The first-order valence-corrected chi connectivity index (χ1v) is 22.0. The van der Waals surface area contributed by atoms with Crippen LogP contribution in [0.25, 0.3) is 0 Å². The molecule has 0 bridgehead atoms. The van der Waals surface area contributed by atoms with Crippen molar-refractivity contribution in [3.63, 3.8) is 0 Å². The van der Waals surface area contributed by atoms with Crippen molar-refractivity contribution in [3.8, 4) is 0 Å². The predicted octanol–water partition coefficient (Wildman–Crippen LogP) is 10.7. The maximum atomic E-state index is 12.6. The van der Waals surface area contributed by atoms with Gasteiger partial charge in [0.1, 0.15) is 19.8 Å². The van der Waals surface area contributed by atoms with Crippen molar-refractivity contribution in [2.45, 2.75) is 155 Å². The number of hydrogen-bond acceptors (Lipinski definition) is 8. The van der Waals surface area contributed by atoms with E-state index in [1.165, 1.54) is 70.6 Å². The minimum absolute atomic E-state index is 0.00789. The first-order chi connectivity index (χ1) is 25.5. The van der Waals surface area contributed by atoms with Crippen LogP contribution in [0.15, 0.2) is 60.8 Å². The third-order valence-corrected chi connectivity index (χ3v) is 9.30. The molecule has 306 valence electrons. The lowest BCUT2D eigenvalue weighted by Crippen LogP contribution is -2.37. The van der Waals surface area contributed by atoms with Crippen molar-refractivity contribution in [1.29, 1.82) is 0 Å². The largest absolute Gasteiger partial charge is 0.756 e. The monoisotopic (exact) mass is 766 g/mol. The van der Waals surface area contributed by atoms with Gasteiger partial charge < -0.3 is 27.9 Å². The van der Waals surface area contributed by atoms with E-state index in [1.54, 1.807) is 6.08 Å². The van der Waals surface area contributed by atoms with Crippen molar-refractivity contribution in [1.82, 2.24) is 0 Å².